The molecule has 1 atom stereocenters. The van der Waals surface area contributed by atoms with Crippen molar-refractivity contribution in [3.8, 4) is 0 Å². The fourth-order valence-corrected chi connectivity index (χ4v) is 3.32. The predicted octanol–water partition coefficient (Wildman–Crippen LogP) is 1.83. The lowest BCUT2D eigenvalue weighted by Crippen LogP contribution is -2.46. The number of nitrogens with one attached hydrogen (secondary N) is 1. The number of carbonyl (C=O) groups excluding carboxylic acids is 1. The van der Waals surface area contributed by atoms with Crippen LogP contribution in [0.4, 0.5) is 0 Å². The zero-order valence-corrected chi connectivity index (χ0v) is 12.0. The van der Waals surface area contributed by atoms with Gasteiger partial charge in [-0.3, -0.25) is 4.79 Å². The molecule has 4 heteroatoms. The Bertz CT molecular complexity index is 280. The minimum Gasteiger partial charge on any atom is -0.381 e. The average molecular weight is 268 g/mol. The quantitative estimate of drug-likeness (QED) is 0.748. The molecule has 1 amide bonds. The van der Waals surface area contributed by atoms with Crippen LogP contribution in [0.2, 0.25) is 0 Å². The molecule has 1 aliphatic carbocycles. The Hall–Kier alpha value is -0.610. The molecule has 2 fully saturated rings. The third-order valence-corrected chi connectivity index (χ3v) is 4.80. The first kappa shape index (κ1) is 14.8. The Kier molecular flexibility index (Phi) is 5.64. The monoisotopic (exact) mass is 268 g/mol. The van der Waals surface area contributed by atoms with Gasteiger partial charge in [0.2, 0.25) is 5.91 Å². The number of amides is 1. The SMILES string of the molecule is NCC1(C(=O)NCCC2CCOC2)CCCCCC1. The molecule has 0 radical (unpaired) electrons. The number of hydrogen-bond acceptors (Lipinski definition) is 3. The van der Waals surface area contributed by atoms with Gasteiger partial charge in [-0.15, -0.1) is 0 Å². The van der Waals surface area contributed by atoms with Crippen LogP contribution in [0.15, 0.2) is 0 Å². The maximum absolute atomic E-state index is 12.5. The summed E-state index contributed by atoms with van der Waals surface area (Å²) in [7, 11) is 0. The molecule has 19 heavy (non-hydrogen) atoms. The first-order valence-corrected chi connectivity index (χ1v) is 7.83. The van der Waals surface area contributed by atoms with Crippen LogP contribution >= 0.6 is 0 Å². The summed E-state index contributed by atoms with van der Waals surface area (Å²) >= 11 is 0. The molecular formula is C15H28N2O2. The summed E-state index contributed by atoms with van der Waals surface area (Å²) in [6.07, 6.45) is 8.86. The number of rotatable bonds is 5. The Balaban J connectivity index is 1.78. The van der Waals surface area contributed by atoms with Crippen LogP contribution in [0, 0.1) is 11.3 Å². The molecule has 2 aliphatic rings. The van der Waals surface area contributed by atoms with E-state index in [1.807, 2.05) is 0 Å². The standard InChI is InChI=1S/C15H28N2O2/c16-12-15(7-3-1-2-4-8-15)14(18)17-9-5-13-6-10-19-11-13/h13H,1-12,16H2,(H,17,18). The zero-order valence-electron chi connectivity index (χ0n) is 12.0. The molecule has 0 aromatic carbocycles. The largest absolute Gasteiger partial charge is 0.381 e. The van der Waals surface area contributed by atoms with Crippen LogP contribution in [0.1, 0.15) is 51.4 Å². The van der Waals surface area contributed by atoms with Crippen LogP contribution in [0.3, 0.4) is 0 Å². The van der Waals surface area contributed by atoms with Crippen LogP contribution in [0.5, 0.6) is 0 Å². The van der Waals surface area contributed by atoms with Crippen molar-refractivity contribution in [1.82, 2.24) is 5.32 Å². The van der Waals surface area contributed by atoms with Gasteiger partial charge < -0.3 is 15.8 Å². The van der Waals surface area contributed by atoms with E-state index in [0.29, 0.717) is 12.5 Å². The molecule has 0 aromatic heterocycles. The van der Waals surface area contributed by atoms with Crippen molar-refractivity contribution in [2.45, 2.75) is 51.4 Å². The number of ether oxygens (including phenoxy) is 1. The molecular weight excluding hydrogens is 240 g/mol. The van der Waals surface area contributed by atoms with Gasteiger partial charge in [0, 0.05) is 26.3 Å². The molecule has 0 aromatic rings. The highest BCUT2D eigenvalue weighted by atomic mass is 16.5. The first-order chi connectivity index (χ1) is 9.27. The first-order valence-electron chi connectivity index (χ1n) is 7.83. The van der Waals surface area contributed by atoms with Gasteiger partial charge in [0.05, 0.1) is 5.41 Å². The Morgan fingerprint density at radius 3 is 2.58 bits per heavy atom. The molecule has 0 spiro atoms. The summed E-state index contributed by atoms with van der Waals surface area (Å²) in [5.41, 5.74) is 5.63. The van der Waals surface area contributed by atoms with Crippen molar-refractivity contribution < 1.29 is 9.53 Å². The summed E-state index contributed by atoms with van der Waals surface area (Å²) in [6, 6.07) is 0. The van der Waals surface area contributed by atoms with E-state index in [1.165, 1.54) is 12.8 Å². The van der Waals surface area contributed by atoms with Gasteiger partial charge in [-0.25, -0.2) is 0 Å². The summed E-state index contributed by atoms with van der Waals surface area (Å²) < 4.78 is 5.36. The van der Waals surface area contributed by atoms with Crippen molar-refractivity contribution in [2.24, 2.45) is 17.1 Å². The van der Waals surface area contributed by atoms with E-state index < -0.39 is 0 Å². The molecule has 1 unspecified atom stereocenters. The van der Waals surface area contributed by atoms with E-state index in [1.54, 1.807) is 0 Å². The second kappa shape index (κ2) is 7.25. The average Bonchev–Trinajstić information content (AvgIpc) is 2.82. The van der Waals surface area contributed by atoms with Crippen molar-refractivity contribution in [3.63, 3.8) is 0 Å². The molecule has 4 nitrogen and oxygen atoms in total. The fourth-order valence-electron chi connectivity index (χ4n) is 3.32. The third kappa shape index (κ3) is 3.93. The summed E-state index contributed by atoms with van der Waals surface area (Å²) in [6.45, 7) is 3.00. The lowest BCUT2D eigenvalue weighted by Gasteiger charge is -2.30. The molecule has 2 rings (SSSR count). The van der Waals surface area contributed by atoms with E-state index in [2.05, 4.69) is 5.32 Å². The number of carbonyl (C=O) groups is 1. The maximum Gasteiger partial charge on any atom is 0.227 e. The summed E-state index contributed by atoms with van der Waals surface area (Å²) in [4.78, 5) is 12.5. The number of hydrogen-bond donors (Lipinski definition) is 2. The Morgan fingerprint density at radius 2 is 2.00 bits per heavy atom. The van der Waals surface area contributed by atoms with Crippen molar-refractivity contribution >= 4 is 5.91 Å². The fraction of sp³-hybridized carbons (Fsp3) is 0.933. The highest BCUT2D eigenvalue weighted by Crippen LogP contribution is 2.34. The van der Waals surface area contributed by atoms with Gasteiger partial charge >= 0.3 is 0 Å². The Labute approximate surface area is 116 Å². The van der Waals surface area contributed by atoms with Crippen LogP contribution in [0.25, 0.3) is 0 Å². The van der Waals surface area contributed by atoms with Crippen LogP contribution < -0.4 is 11.1 Å². The van der Waals surface area contributed by atoms with Crippen molar-refractivity contribution in [1.29, 1.82) is 0 Å². The van der Waals surface area contributed by atoms with Crippen molar-refractivity contribution in [3.05, 3.63) is 0 Å². The minimum atomic E-state index is -0.289. The minimum absolute atomic E-state index is 0.191. The van der Waals surface area contributed by atoms with Gasteiger partial charge in [0.1, 0.15) is 0 Å². The molecule has 1 heterocycles. The molecule has 1 saturated heterocycles. The van der Waals surface area contributed by atoms with E-state index in [9.17, 15) is 4.79 Å². The van der Waals surface area contributed by atoms with E-state index in [0.717, 1.165) is 58.3 Å². The number of nitrogens with two attached hydrogens (primary N) is 1. The lowest BCUT2D eigenvalue weighted by molar-refractivity contribution is -0.131. The second-order valence-corrected chi connectivity index (χ2v) is 6.17. The van der Waals surface area contributed by atoms with Gasteiger partial charge in [0.15, 0.2) is 0 Å². The van der Waals surface area contributed by atoms with Gasteiger partial charge in [0.25, 0.3) is 0 Å². The molecule has 1 aliphatic heterocycles. The third-order valence-electron chi connectivity index (χ3n) is 4.80. The van der Waals surface area contributed by atoms with Crippen molar-refractivity contribution in [2.75, 3.05) is 26.3 Å². The summed E-state index contributed by atoms with van der Waals surface area (Å²) in [5.74, 6) is 0.819. The normalized spacial score (nSPS) is 26.9. The predicted molar refractivity (Wildman–Crippen MR) is 75.7 cm³/mol. The van der Waals surface area contributed by atoms with Gasteiger partial charge in [-0.05, 0) is 31.6 Å². The topological polar surface area (TPSA) is 64.4 Å². The molecule has 1 saturated carbocycles. The smallest absolute Gasteiger partial charge is 0.227 e. The second-order valence-electron chi connectivity index (χ2n) is 6.17. The van der Waals surface area contributed by atoms with Gasteiger partial charge in [-0.1, -0.05) is 25.7 Å². The molecule has 110 valence electrons. The molecule has 3 N–H and O–H groups in total. The lowest BCUT2D eigenvalue weighted by atomic mass is 9.79. The van der Waals surface area contributed by atoms with Gasteiger partial charge in [-0.2, -0.15) is 0 Å². The van der Waals surface area contributed by atoms with E-state index >= 15 is 0 Å². The highest BCUT2D eigenvalue weighted by molar-refractivity contribution is 5.82. The maximum atomic E-state index is 12.5. The summed E-state index contributed by atoms with van der Waals surface area (Å²) in [5, 5.41) is 3.12. The highest BCUT2D eigenvalue weighted by Gasteiger charge is 2.36. The zero-order chi connectivity index (χ0) is 13.6. The van der Waals surface area contributed by atoms with Crippen LogP contribution in [-0.4, -0.2) is 32.2 Å². The molecule has 0 bridgehead atoms. The van der Waals surface area contributed by atoms with E-state index in [-0.39, 0.29) is 11.3 Å². The Morgan fingerprint density at radius 1 is 1.26 bits per heavy atom. The van der Waals surface area contributed by atoms with Crippen LogP contribution in [-0.2, 0) is 9.53 Å². The van der Waals surface area contributed by atoms with E-state index in [4.69, 9.17) is 10.5 Å².